The van der Waals surface area contributed by atoms with Crippen molar-refractivity contribution >= 4 is 27.4 Å². The lowest BCUT2D eigenvalue weighted by Gasteiger charge is -2.21. The molecule has 0 amide bonds. The summed E-state index contributed by atoms with van der Waals surface area (Å²) in [6, 6.07) is 8.27. The third-order valence-corrected chi connectivity index (χ3v) is 7.11. The second kappa shape index (κ2) is 8.68. The van der Waals surface area contributed by atoms with Crippen molar-refractivity contribution < 1.29 is 22.0 Å². The van der Waals surface area contributed by atoms with E-state index in [1.165, 1.54) is 30.3 Å². The maximum atomic E-state index is 14.4. The van der Waals surface area contributed by atoms with E-state index >= 15 is 0 Å². The number of nitrogens with one attached hydrogen (secondary N) is 1. The molecule has 8 heteroatoms. The zero-order valence-corrected chi connectivity index (χ0v) is 16.6. The molecule has 3 rings (SSSR count). The highest BCUT2D eigenvalue weighted by Gasteiger charge is 2.28. The fourth-order valence-electron chi connectivity index (χ4n) is 3.40. The molecule has 2 aromatic carbocycles. The summed E-state index contributed by atoms with van der Waals surface area (Å²) < 4.78 is 55.5. The minimum atomic E-state index is -3.66. The van der Waals surface area contributed by atoms with Crippen molar-refractivity contribution in [2.75, 3.05) is 6.54 Å². The molecule has 1 N–H and O–H groups in total. The minimum absolute atomic E-state index is 0.168. The fourth-order valence-corrected chi connectivity index (χ4v) is 5.14. The first kappa shape index (κ1) is 20.9. The van der Waals surface area contributed by atoms with Gasteiger partial charge in [-0.15, -0.1) is 0 Å². The van der Waals surface area contributed by atoms with Crippen LogP contribution < -0.4 is 4.72 Å². The lowest BCUT2D eigenvalue weighted by molar-refractivity contribution is 0.0993. The van der Waals surface area contributed by atoms with Crippen LogP contribution in [0.25, 0.3) is 11.1 Å². The Labute approximate surface area is 168 Å². The van der Waals surface area contributed by atoms with Gasteiger partial charge in [-0.1, -0.05) is 49.1 Å². The maximum absolute atomic E-state index is 14.4. The molecule has 0 atom stereocenters. The normalized spacial score (nSPS) is 15.5. The van der Waals surface area contributed by atoms with E-state index in [4.69, 9.17) is 11.6 Å². The summed E-state index contributed by atoms with van der Waals surface area (Å²) in [5.74, 6) is -2.26. The third kappa shape index (κ3) is 4.59. The number of carbonyl (C=O) groups excluding carboxylic acids is 1. The molecule has 1 aliphatic carbocycles. The van der Waals surface area contributed by atoms with Gasteiger partial charge in [0.25, 0.3) is 0 Å². The first-order valence-electron chi connectivity index (χ1n) is 9.05. The van der Waals surface area contributed by atoms with E-state index in [9.17, 15) is 22.0 Å². The molecule has 1 aliphatic rings. The molecular weight excluding hydrogens is 408 g/mol. The van der Waals surface area contributed by atoms with E-state index in [0.717, 1.165) is 19.3 Å². The number of carbonyl (C=O) groups is 1. The molecular formula is C20H20ClF2NO3S. The molecule has 0 unspecified atom stereocenters. The van der Waals surface area contributed by atoms with Crippen LogP contribution >= 0.6 is 11.6 Å². The monoisotopic (exact) mass is 427 g/mol. The molecule has 150 valence electrons. The summed E-state index contributed by atoms with van der Waals surface area (Å²) in [7, 11) is -3.66. The summed E-state index contributed by atoms with van der Waals surface area (Å²) in [5, 5.41) is -0.869. The largest absolute Gasteiger partial charge is 0.293 e. The molecule has 28 heavy (non-hydrogen) atoms. The Balaban J connectivity index is 1.82. The van der Waals surface area contributed by atoms with E-state index in [0.29, 0.717) is 12.8 Å². The van der Waals surface area contributed by atoms with E-state index in [-0.39, 0.29) is 21.7 Å². The van der Waals surface area contributed by atoms with Crippen molar-refractivity contribution in [3.8, 4) is 11.1 Å². The first-order valence-corrected chi connectivity index (χ1v) is 11.0. The SMILES string of the molecule is O=C(CNS(=O)(=O)C1CCCCC1)c1cc(-c2ccccc2F)cc(Cl)c1F. The molecule has 0 spiro atoms. The standard InChI is InChI=1S/C20H20ClF2NO3S/c21-17-11-13(15-8-4-5-9-18(15)22)10-16(20(17)23)19(25)12-24-28(26,27)14-6-2-1-3-7-14/h4-5,8-11,14,24H,1-3,6-7,12H2. The van der Waals surface area contributed by atoms with Gasteiger partial charge in [0.2, 0.25) is 10.0 Å². The highest BCUT2D eigenvalue weighted by atomic mass is 35.5. The van der Waals surface area contributed by atoms with Crippen molar-refractivity contribution in [2.45, 2.75) is 37.4 Å². The molecule has 1 fully saturated rings. The van der Waals surface area contributed by atoms with E-state index in [1.807, 2.05) is 0 Å². The van der Waals surface area contributed by atoms with Crippen LogP contribution in [0.2, 0.25) is 5.02 Å². The zero-order valence-electron chi connectivity index (χ0n) is 15.1. The summed E-state index contributed by atoms with van der Waals surface area (Å²) in [6.45, 7) is -0.577. The number of hydrogen-bond donors (Lipinski definition) is 1. The maximum Gasteiger partial charge on any atom is 0.214 e. The van der Waals surface area contributed by atoms with Gasteiger partial charge >= 0.3 is 0 Å². The number of benzene rings is 2. The van der Waals surface area contributed by atoms with Gasteiger partial charge < -0.3 is 0 Å². The van der Waals surface area contributed by atoms with Crippen molar-refractivity contribution in [1.29, 1.82) is 0 Å². The van der Waals surface area contributed by atoms with Crippen LogP contribution in [0.1, 0.15) is 42.5 Å². The van der Waals surface area contributed by atoms with E-state index in [2.05, 4.69) is 4.72 Å². The third-order valence-electron chi connectivity index (χ3n) is 4.94. The average molecular weight is 428 g/mol. The van der Waals surface area contributed by atoms with Crippen LogP contribution in [0.4, 0.5) is 8.78 Å². The van der Waals surface area contributed by atoms with Gasteiger partial charge in [-0.3, -0.25) is 4.79 Å². The molecule has 4 nitrogen and oxygen atoms in total. The van der Waals surface area contributed by atoms with Gasteiger partial charge in [0, 0.05) is 5.56 Å². The van der Waals surface area contributed by atoms with Crippen molar-refractivity contribution in [3.05, 3.63) is 58.6 Å². The van der Waals surface area contributed by atoms with E-state index in [1.54, 1.807) is 6.07 Å². The molecule has 2 aromatic rings. The molecule has 0 aliphatic heterocycles. The van der Waals surface area contributed by atoms with Crippen LogP contribution in [0.5, 0.6) is 0 Å². The summed E-state index contributed by atoms with van der Waals surface area (Å²) in [5.41, 5.74) is 0.0290. The van der Waals surface area contributed by atoms with Crippen molar-refractivity contribution in [3.63, 3.8) is 0 Å². The van der Waals surface area contributed by atoms with Crippen molar-refractivity contribution in [2.24, 2.45) is 0 Å². The Morgan fingerprint density at radius 3 is 2.46 bits per heavy atom. The summed E-state index contributed by atoms with van der Waals surface area (Å²) in [4.78, 5) is 12.5. The number of Topliss-reactive ketones (excluding diaryl/α,β-unsaturated/α-hetero) is 1. The lowest BCUT2D eigenvalue weighted by atomic mass is 10.0. The van der Waals surface area contributed by atoms with Crippen LogP contribution in [0.3, 0.4) is 0 Å². The van der Waals surface area contributed by atoms with Gasteiger partial charge in [-0.25, -0.2) is 21.9 Å². The Morgan fingerprint density at radius 2 is 1.79 bits per heavy atom. The lowest BCUT2D eigenvalue weighted by Crippen LogP contribution is -2.38. The minimum Gasteiger partial charge on any atom is -0.293 e. The molecule has 0 bridgehead atoms. The Kier molecular flexibility index (Phi) is 6.47. The Bertz CT molecular complexity index is 989. The molecule has 0 radical (unpaired) electrons. The van der Waals surface area contributed by atoms with Gasteiger partial charge in [0.1, 0.15) is 5.82 Å². The Morgan fingerprint density at radius 1 is 1.11 bits per heavy atom. The van der Waals surface area contributed by atoms with Crippen LogP contribution in [0, 0.1) is 11.6 Å². The van der Waals surface area contributed by atoms with Gasteiger partial charge in [0.15, 0.2) is 11.6 Å². The quantitative estimate of drug-likeness (QED) is 0.678. The predicted molar refractivity (Wildman–Crippen MR) is 105 cm³/mol. The Hall–Kier alpha value is -1.83. The first-order chi connectivity index (χ1) is 13.3. The van der Waals surface area contributed by atoms with Crippen LogP contribution in [-0.2, 0) is 10.0 Å². The zero-order chi connectivity index (χ0) is 20.3. The number of halogens is 3. The molecule has 0 saturated heterocycles. The number of sulfonamides is 1. The fraction of sp³-hybridized carbons (Fsp3) is 0.350. The van der Waals surface area contributed by atoms with Gasteiger partial charge in [-0.2, -0.15) is 0 Å². The summed E-state index contributed by atoms with van der Waals surface area (Å²) >= 11 is 5.89. The van der Waals surface area contributed by atoms with Crippen LogP contribution in [0.15, 0.2) is 36.4 Å². The molecule has 1 saturated carbocycles. The second-order valence-electron chi connectivity index (χ2n) is 6.85. The number of hydrogen-bond acceptors (Lipinski definition) is 3. The van der Waals surface area contributed by atoms with Crippen LogP contribution in [-0.4, -0.2) is 26.0 Å². The van der Waals surface area contributed by atoms with E-state index < -0.39 is 39.2 Å². The topological polar surface area (TPSA) is 63.2 Å². The highest BCUT2D eigenvalue weighted by molar-refractivity contribution is 7.90. The van der Waals surface area contributed by atoms with Gasteiger partial charge in [-0.05, 0) is 36.6 Å². The predicted octanol–water partition coefficient (Wildman–Crippen LogP) is 4.72. The summed E-state index contributed by atoms with van der Waals surface area (Å²) in [6.07, 6.45) is 3.75. The van der Waals surface area contributed by atoms with Gasteiger partial charge in [0.05, 0.1) is 22.4 Å². The highest BCUT2D eigenvalue weighted by Crippen LogP contribution is 2.30. The molecule has 0 heterocycles. The number of rotatable bonds is 6. The second-order valence-corrected chi connectivity index (χ2v) is 9.30. The average Bonchev–Trinajstić information content (AvgIpc) is 2.69. The smallest absolute Gasteiger partial charge is 0.214 e. The molecule has 0 aromatic heterocycles. The number of ketones is 1. The van der Waals surface area contributed by atoms with Crippen molar-refractivity contribution in [1.82, 2.24) is 4.72 Å².